The number of carbonyl (C=O) groups excluding carboxylic acids is 2. The van der Waals surface area contributed by atoms with Gasteiger partial charge in [-0.1, -0.05) is 46.4 Å². The molecule has 0 aliphatic rings. The van der Waals surface area contributed by atoms with Crippen molar-refractivity contribution < 1.29 is 68.1 Å². The van der Waals surface area contributed by atoms with Gasteiger partial charge in [-0.15, -0.1) is 0 Å². The summed E-state index contributed by atoms with van der Waals surface area (Å²) in [7, 11) is 5.38. The Labute approximate surface area is 303 Å². The highest BCUT2D eigenvalue weighted by Gasteiger charge is 2.22. The van der Waals surface area contributed by atoms with Gasteiger partial charge in [0.15, 0.2) is 32.0 Å². The minimum absolute atomic E-state index is 0.0880. The van der Waals surface area contributed by atoms with E-state index >= 15 is 0 Å². The van der Waals surface area contributed by atoms with Gasteiger partial charge in [0, 0.05) is 0 Å². The van der Waals surface area contributed by atoms with E-state index in [-0.39, 0.29) is 45.5 Å². The highest BCUT2D eigenvalue weighted by atomic mass is 35.5. The van der Waals surface area contributed by atoms with Crippen molar-refractivity contribution in [3.63, 3.8) is 0 Å². The van der Waals surface area contributed by atoms with Gasteiger partial charge in [-0.25, -0.2) is 34.1 Å². The van der Waals surface area contributed by atoms with Crippen LogP contribution in [0.15, 0.2) is 24.8 Å². The van der Waals surface area contributed by atoms with Crippen LogP contribution in [0.1, 0.15) is 42.0 Å². The molecule has 4 N–H and O–H groups in total. The molecule has 0 aromatic carbocycles. The second-order valence-corrected chi connectivity index (χ2v) is 9.00. The molecule has 0 atom stereocenters. The van der Waals surface area contributed by atoms with Gasteiger partial charge in [0.2, 0.25) is 34.9 Å². The SMILES string of the molecule is COc1cnc(C(=O)O)c(Cl)n1.COc1cncc(Cl)n1.COc1nc(Cl)c(C(=O)O)nc1C(=O)O.COc1nc(Cl)cnc1C(=O)O.O=C=O. The molecule has 0 saturated heterocycles. The Balaban J connectivity index is 0.000000644. The molecule has 0 saturated carbocycles. The third-order valence-electron chi connectivity index (χ3n) is 4.44. The van der Waals surface area contributed by atoms with Crippen molar-refractivity contribution in [2.75, 3.05) is 28.4 Å². The predicted molar refractivity (Wildman–Crippen MR) is 167 cm³/mol. The zero-order valence-electron chi connectivity index (χ0n) is 25.8. The summed E-state index contributed by atoms with van der Waals surface area (Å²) in [6.07, 6.45) is 5.53. The van der Waals surface area contributed by atoms with Gasteiger partial charge >= 0.3 is 30.0 Å². The zero-order chi connectivity index (χ0) is 39.3. The number of aromatic carboxylic acids is 4. The lowest BCUT2D eigenvalue weighted by atomic mass is 10.4. The van der Waals surface area contributed by atoms with Gasteiger partial charge in [0.05, 0.1) is 53.2 Å². The summed E-state index contributed by atoms with van der Waals surface area (Å²) < 4.78 is 18.7. The molecule has 0 unspecified atom stereocenters. The number of carbonyl (C=O) groups is 4. The van der Waals surface area contributed by atoms with E-state index in [1.165, 1.54) is 47.0 Å². The smallest absolute Gasteiger partial charge is 0.373 e. The third-order valence-corrected chi connectivity index (χ3v) is 5.33. The fourth-order valence-corrected chi connectivity index (χ4v) is 3.15. The molecule has 0 fully saturated rings. The van der Waals surface area contributed by atoms with E-state index in [4.69, 9.17) is 81.2 Å². The summed E-state index contributed by atoms with van der Waals surface area (Å²) in [6, 6.07) is 0. The number of nitrogens with zero attached hydrogens (tertiary/aromatic N) is 8. The first kappa shape index (κ1) is 44.9. The molecule has 4 aromatic heterocycles. The van der Waals surface area contributed by atoms with Crippen LogP contribution < -0.4 is 18.9 Å². The van der Waals surface area contributed by atoms with Crippen molar-refractivity contribution >= 4 is 76.4 Å². The largest absolute Gasteiger partial charge is 0.480 e. The average Bonchev–Trinajstić information content (AvgIpc) is 3.08. The normalized spacial score (nSPS) is 9.10. The molecule has 272 valence electrons. The summed E-state index contributed by atoms with van der Waals surface area (Å²) in [4.78, 5) is 86.9. The van der Waals surface area contributed by atoms with Crippen LogP contribution in [0.5, 0.6) is 23.5 Å². The highest BCUT2D eigenvalue weighted by molar-refractivity contribution is 6.32. The molecule has 0 amide bonds. The van der Waals surface area contributed by atoms with E-state index in [0.29, 0.717) is 11.0 Å². The van der Waals surface area contributed by atoms with Crippen LogP contribution in [0, 0.1) is 0 Å². The standard InChI is InChI=1S/C7H5ClN2O5.2C6H5ClN2O3.C5H5ClN2O.CO2/c1-15-5-3(7(13)14)9-2(6(11)12)4(8)10-5;1-12-3-2-8-4(6(10)11)5(7)9-3;1-12-5-4(6(10)11)8-2-3(7)9-5;1-9-5-3-7-2-4(6)8-5;2-1-3/h1H3,(H,11,12)(H,13,14);2*2H,1H3,(H,10,11);2-3H,1H3;. The monoisotopic (exact) mass is 796 g/mol. The Morgan fingerprint density at radius 3 is 1.37 bits per heavy atom. The lowest BCUT2D eigenvalue weighted by Gasteiger charge is -2.04. The van der Waals surface area contributed by atoms with Gasteiger partial charge in [0.25, 0.3) is 0 Å². The second-order valence-electron chi connectivity index (χ2n) is 7.51. The number of hydrogen-bond donors (Lipinski definition) is 4. The molecule has 51 heavy (non-hydrogen) atoms. The Morgan fingerprint density at radius 2 is 0.961 bits per heavy atom. The first-order valence-electron chi connectivity index (χ1n) is 12.2. The number of hydrogen-bond acceptors (Lipinski definition) is 18. The lowest BCUT2D eigenvalue weighted by molar-refractivity contribution is -0.191. The van der Waals surface area contributed by atoms with Crippen molar-refractivity contribution in [2.45, 2.75) is 0 Å². The summed E-state index contributed by atoms with van der Waals surface area (Å²) in [5, 5.41) is 34.2. The van der Waals surface area contributed by atoms with Crippen LogP contribution in [-0.4, -0.2) is 119 Å². The molecule has 0 radical (unpaired) electrons. The lowest BCUT2D eigenvalue weighted by Crippen LogP contribution is -2.12. The van der Waals surface area contributed by atoms with Gasteiger partial charge < -0.3 is 39.4 Å². The van der Waals surface area contributed by atoms with E-state index in [1.807, 2.05) is 0 Å². The van der Waals surface area contributed by atoms with Crippen molar-refractivity contribution in [1.82, 2.24) is 39.9 Å². The van der Waals surface area contributed by atoms with Gasteiger partial charge in [-0.3, -0.25) is 4.98 Å². The fourth-order valence-electron chi connectivity index (χ4n) is 2.48. The van der Waals surface area contributed by atoms with Crippen molar-refractivity contribution in [3.05, 3.63) is 68.2 Å². The third kappa shape index (κ3) is 15.8. The first-order chi connectivity index (χ1) is 24.0. The molecule has 0 bridgehead atoms. The van der Waals surface area contributed by atoms with Crippen molar-refractivity contribution in [3.8, 4) is 23.5 Å². The van der Waals surface area contributed by atoms with Crippen LogP contribution in [0.25, 0.3) is 0 Å². The number of ether oxygens (including phenoxy) is 4. The van der Waals surface area contributed by atoms with E-state index in [2.05, 4.69) is 54.1 Å². The number of halogens is 4. The van der Waals surface area contributed by atoms with E-state index < -0.39 is 40.4 Å². The summed E-state index contributed by atoms with van der Waals surface area (Å²) in [5.41, 5.74) is -1.76. The molecular weight excluding hydrogens is 778 g/mol. The van der Waals surface area contributed by atoms with Gasteiger partial charge in [0.1, 0.15) is 0 Å². The maximum absolute atomic E-state index is 10.6. The van der Waals surface area contributed by atoms with Crippen molar-refractivity contribution in [1.29, 1.82) is 0 Å². The van der Waals surface area contributed by atoms with E-state index in [1.54, 1.807) is 0 Å². The fraction of sp³-hybridized carbons (Fsp3) is 0.160. The molecule has 4 heterocycles. The number of carboxylic acid groups (broad SMARTS) is 4. The quantitative estimate of drug-likeness (QED) is 0.199. The average molecular weight is 798 g/mol. The molecular formula is C25H20Cl4N8O14. The van der Waals surface area contributed by atoms with Crippen LogP contribution >= 0.6 is 46.4 Å². The Hall–Kier alpha value is -6.06. The summed E-state index contributed by atoms with van der Waals surface area (Å²) >= 11 is 21.8. The minimum atomic E-state index is -1.46. The molecule has 4 aromatic rings. The number of carboxylic acids is 4. The van der Waals surface area contributed by atoms with Crippen LogP contribution in [0.2, 0.25) is 20.6 Å². The van der Waals surface area contributed by atoms with Crippen molar-refractivity contribution in [2.24, 2.45) is 0 Å². The number of aromatic nitrogens is 8. The maximum Gasteiger partial charge on any atom is 0.373 e. The minimum Gasteiger partial charge on any atom is -0.480 e. The molecule has 22 nitrogen and oxygen atoms in total. The van der Waals surface area contributed by atoms with Crippen LogP contribution in [-0.2, 0) is 9.59 Å². The number of methoxy groups -OCH3 is 4. The second kappa shape index (κ2) is 23.3. The molecule has 0 aliphatic carbocycles. The topological polar surface area (TPSA) is 323 Å². The molecule has 0 aliphatic heterocycles. The first-order valence-corrected chi connectivity index (χ1v) is 13.7. The Bertz CT molecular complexity index is 1870. The maximum atomic E-state index is 10.6. The molecule has 4 rings (SSSR count). The zero-order valence-corrected chi connectivity index (χ0v) is 28.8. The molecule has 26 heteroatoms. The van der Waals surface area contributed by atoms with Gasteiger partial charge in [-0.05, 0) is 0 Å². The number of rotatable bonds is 8. The summed E-state index contributed by atoms with van der Waals surface area (Å²) in [5.74, 6) is -5.12. The summed E-state index contributed by atoms with van der Waals surface area (Å²) in [6.45, 7) is 0. The Kier molecular flexibility index (Phi) is 20.6. The van der Waals surface area contributed by atoms with Crippen LogP contribution in [0.4, 0.5) is 0 Å². The van der Waals surface area contributed by atoms with E-state index in [9.17, 15) is 19.2 Å². The predicted octanol–water partition coefficient (Wildman–Crippen LogP) is 2.76. The molecule has 0 spiro atoms. The Morgan fingerprint density at radius 1 is 0.529 bits per heavy atom. The van der Waals surface area contributed by atoms with E-state index in [0.717, 1.165) is 6.20 Å². The van der Waals surface area contributed by atoms with Gasteiger partial charge in [-0.2, -0.15) is 29.5 Å². The highest BCUT2D eigenvalue weighted by Crippen LogP contribution is 2.20. The van der Waals surface area contributed by atoms with Crippen LogP contribution in [0.3, 0.4) is 0 Å².